The van der Waals surface area contributed by atoms with Gasteiger partial charge in [-0.15, -0.1) is 10.2 Å². The molecule has 2 heterocycles. The summed E-state index contributed by atoms with van der Waals surface area (Å²) < 4.78 is 0. The molecule has 1 amide bonds. The summed E-state index contributed by atoms with van der Waals surface area (Å²) in [5, 5.41) is 9.23. The van der Waals surface area contributed by atoms with Gasteiger partial charge < -0.3 is 0 Å². The fourth-order valence-corrected chi connectivity index (χ4v) is 1.84. The van der Waals surface area contributed by atoms with Crippen LogP contribution < -0.4 is 4.90 Å². The van der Waals surface area contributed by atoms with Crippen LogP contribution in [0.2, 0.25) is 0 Å². The minimum absolute atomic E-state index is 0.112. The van der Waals surface area contributed by atoms with Crippen molar-refractivity contribution in [2.75, 3.05) is 11.9 Å². The van der Waals surface area contributed by atoms with Crippen molar-refractivity contribution in [2.45, 2.75) is 6.92 Å². The summed E-state index contributed by atoms with van der Waals surface area (Å²) in [5.74, 6) is -0.112. The standard InChI is InChI=1S/C10H10N4OS/c1-7-12-13-10(16-7)14(2)9(15)8-3-5-11-6-4-8/h3-6H,1-2H3. The normalized spacial score (nSPS) is 10.1. The van der Waals surface area contributed by atoms with Gasteiger partial charge in [0.25, 0.3) is 5.91 Å². The van der Waals surface area contributed by atoms with E-state index in [1.165, 1.54) is 16.2 Å². The Balaban J connectivity index is 2.23. The SMILES string of the molecule is Cc1nnc(N(C)C(=O)c2ccncc2)s1. The average molecular weight is 234 g/mol. The van der Waals surface area contributed by atoms with Crippen molar-refractivity contribution in [3.63, 3.8) is 0 Å². The third-order valence-electron chi connectivity index (χ3n) is 2.03. The molecule has 0 N–H and O–H groups in total. The number of rotatable bonds is 2. The number of hydrogen-bond acceptors (Lipinski definition) is 5. The minimum atomic E-state index is -0.112. The maximum atomic E-state index is 12.0. The molecule has 0 aliphatic carbocycles. The summed E-state index contributed by atoms with van der Waals surface area (Å²) in [6.45, 7) is 1.85. The lowest BCUT2D eigenvalue weighted by Crippen LogP contribution is -2.26. The van der Waals surface area contributed by atoms with E-state index in [4.69, 9.17) is 0 Å². The summed E-state index contributed by atoms with van der Waals surface area (Å²) in [6.07, 6.45) is 3.18. The van der Waals surface area contributed by atoms with Crippen molar-refractivity contribution >= 4 is 22.4 Å². The summed E-state index contributed by atoms with van der Waals surface area (Å²) in [6, 6.07) is 3.35. The Morgan fingerprint density at radius 2 is 2.00 bits per heavy atom. The van der Waals surface area contributed by atoms with Crippen LogP contribution in [-0.2, 0) is 0 Å². The highest BCUT2D eigenvalue weighted by Crippen LogP contribution is 2.19. The molecule has 2 rings (SSSR count). The first kappa shape index (κ1) is 10.7. The lowest BCUT2D eigenvalue weighted by Gasteiger charge is -2.12. The topological polar surface area (TPSA) is 59.0 Å². The van der Waals surface area contributed by atoms with Gasteiger partial charge in [-0.25, -0.2) is 0 Å². The summed E-state index contributed by atoms with van der Waals surface area (Å²) in [5.41, 5.74) is 0.588. The van der Waals surface area contributed by atoms with E-state index in [2.05, 4.69) is 15.2 Å². The second-order valence-corrected chi connectivity index (χ2v) is 4.36. The molecule has 0 atom stereocenters. The van der Waals surface area contributed by atoms with Crippen LogP contribution in [0.5, 0.6) is 0 Å². The number of aryl methyl sites for hydroxylation is 1. The fourth-order valence-electron chi connectivity index (χ4n) is 1.20. The Kier molecular flexibility index (Phi) is 2.91. The Hall–Kier alpha value is -1.82. The van der Waals surface area contributed by atoms with Crippen LogP contribution in [0, 0.1) is 6.92 Å². The molecule has 2 aromatic heterocycles. The van der Waals surface area contributed by atoms with E-state index in [0.29, 0.717) is 10.7 Å². The van der Waals surface area contributed by atoms with E-state index < -0.39 is 0 Å². The molecular formula is C10H10N4OS. The molecule has 0 fully saturated rings. The molecule has 0 saturated heterocycles. The Bertz CT molecular complexity index is 497. The van der Waals surface area contributed by atoms with Crippen molar-refractivity contribution in [3.05, 3.63) is 35.1 Å². The zero-order chi connectivity index (χ0) is 11.5. The second kappa shape index (κ2) is 4.36. The predicted molar refractivity (Wildman–Crippen MR) is 61.6 cm³/mol. The fraction of sp³-hybridized carbons (Fsp3) is 0.200. The number of carbonyl (C=O) groups is 1. The lowest BCUT2D eigenvalue weighted by molar-refractivity contribution is 0.0992. The molecule has 6 heteroatoms. The lowest BCUT2D eigenvalue weighted by atomic mass is 10.2. The zero-order valence-electron chi connectivity index (χ0n) is 8.91. The van der Waals surface area contributed by atoms with E-state index in [1.54, 1.807) is 31.6 Å². The molecule has 0 spiro atoms. The Labute approximate surface area is 96.8 Å². The highest BCUT2D eigenvalue weighted by Gasteiger charge is 2.16. The molecule has 0 unspecified atom stereocenters. The van der Waals surface area contributed by atoms with Crippen molar-refractivity contribution in [1.29, 1.82) is 0 Å². The van der Waals surface area contributed by atoms with Crippen LogP contribution in [0.1, 0.15) is 15.4 Å². The van der Waals surface area contributed by atoms with Crippen LogP contribution in [0.15, 0.2) is 24.5 Å². The van der Waals surface area contributed by atoms with Crippen molar-refractivity contribution in [1.82, 2.24) is 15.2 Å². The van der Waals surface area contributed by atoms with Crippen molar-refractivity contribution in [3.8, 4) is 0 Å². The van der Waals surface area contributed by atoms with Crippen molar-refractivity contribution < 1.29 is 4.79 Å². The first-order chi connectivity index (χ1) is 7.68. The monoisotopic (exact) mass is 234 g/mol. The molecular weight excluding hydrogens is 224 g/mol. The minimum Gasteiger partial charge on any atom is -0.286 e. The number of amides is 1. The van der Waals surface area contributed by atoms with Gasteiger partial charge in [-0.1, -0.05) is 11.3 Å². The number of aromatic nitrogens is 3. The first-order valence-electron chi connectivity index (χ1n) is 4.66. The predicted octanol–water partition coefficient (Wildman–Crippen LogP) is 1.52. The molecule has 0 aliphatic heterocycles. The summed E-state index contributed by atoms with van der Waals surface area (Å²) >= 11 is 1.39. The summed E-state index contributed by atoms with van der Waals surface area (Å²) in [4.78, 5) is 17.3. The van der Waals surface area contributed by atoms with Gasteiger partial charge >= 0.3 is 0 Å². The number of anilines is 1. The smallest absolute Gasteiger partial charge is 0.259 e. The van der Waals surface area contributed by atoms with Gasteiger partial charge in [-0.3, -0.25) is 14.7 Å². The molecule has 82 valence electrons. The molecule has 16 heavy (non-hydrogen) atoms. The van der Waals surface area contributed by atoms with Crippen LogP contribution in [-0.4, -0.2) is 28.1 Å². The van der Waals surface area contributed by atoms with Gasteiger partial charge in [0.2, 0.25) is 5.13 Å². The molecule has 0 aliphatic rings. The Morgan fingerprint density at radius 3 is 2.56 bits per heavy atom. The maximum Gasteiger partial charge on any atom is 0.259 e. The average Bonchev–Trinajstić information content (AvgIpc) is 2.75. The molecule has 0 radical (unpaired) electrons. The molecule has 0 bridgehead atoms. The third-order valence-corrected chi connectivity index (χ3v) is 2.95. The van der Waals surface area contributed by atoms with Gasteiger partial charge in [0.1, 0.15) is 5.01 Å². The maximum absolute atomic E-state index is 12.0. The van der Waals surface area contributed by atoms with Gasteiger partial charge in [-0.05, 0) is 19.1 Å². The van der Waals surface area contributed by atoms with Gasteiger partial charge in [0.15, 0.2) is 0 Å². The summed E-state index contributed by atoms with van der Waals surface area (Å²) in [7, 11) is 1.68. The quantitative estimate of drug-likeness (QED) is 0.790. The second-order valence-electron chi connectivity index (χ2n) is 3.20. The van der Waals surface area contributed by atoms with Gasteiger partial charge in [0, 0.05) is 25.0 Å². The number of nitrogens with zero attached hydrogens (tertiary/aromatic N) is 4. The number of carbonyl (C=O) groups excluding carboxylic acids is 1. The van der Waals surface area contributed by atoms with Gasteiger partial charge in [0.05, 0.1) is 0 Å². The third kappa shape index (κ3) is 2.06. The Morgan fingerprint density at radius 1 is 1.31 bits per heavy atom. The molecule has 0 saturated carbocycles. The first-order valence-corrected chi connectivity index (χ1v) is 5.48. The van der Waals surface area contributed by atoms with Crippen LogP contribution in [0.4, 0.5) is 5.13 Å². The number of pyridine rings is 1. The van der Waals surface area contributed by atoms with E-state index in [1.807, 2.05) is 6.92 Å². The van der Waals surface area contributed by atoms with E-state index in [0.717, 1.165) is 5.01 Å². The van der Waals surface area contributed by atoms with E-state index >= 15 is 0 Å². The number of hydrogen-bond donors (Lipinski definition) is 0. The van der Waals surface area contributed by atoms with Crippen LogP contribution >= 0.6 is 11.3 Å². The zero-order valence-corrected chi connectivity index (χ0v) is 9.73. The highest BCUT2D eigenvalue weighted by molar-refractivity contribution is 7.15. The van der Waals surface area contributed by atoms with Gasteiger partial charge in [-0.2, -0.15) is 0 Å². The highest BCUT2D eigenvalue weighted by atomic mass is 32.1. The van der Waals surface area contributed by atoms with Crippen LogP contribution in [0.3, 0.4) is 0 Å². The van der Waals surface area contributed by atoms with E-state index in [9.17, 15) is 4.79 Å². The molecule has 5 nitrogen and oxygen atoms in total. The largest absolute Gasteiger partial charge is 0.286 e. The molecule has 0 aromatic carbocycles. The van der Waals surface area contributed by atoms with Crippen molar-refractivity contribution in [2.24, 2.45) is 0 Å². The molecule has 2 aromatic rings. The van der Waals surface area contributed by atoms with Crippen LogP contribution in [0.25, 0.3) is 0 Å². The van der Waals surface area contributed by atoms with E-state index in [-0.39, 0.29) is 5.91 Å².